The quantitative estimate of drug-likeness (QED) is 0.337. The maximum atomic E-state index is 14.6. The van der Waals surface area contributed by atoms with Crippen LogP contribution in [0.15, 0.2) is 78.9 Å². The molecule has 34 heavy (non-hydrogen) atoms. The Morgan fingerprint density at radius 2 is 1.65 bits per heavy atom. The number of hydrogen-bond acceptors (Lipinski definition) is 3. The van der Waals surface area contributed by atoms with Crippen molar-refractivity contribution in [3.05, 3.63) is 102 Å². The van der Waals surface area contributed by atoms with Gasteiger partial charge in [0.15, 0.2) is 0 Å². The Balaban J connectivity index is 1.32. The van der Waals surface area contributed by atoms with Crippen LogP contribution in [0.2, 0.25) is 0 Å². The summed E-state index contributed by atoms with van der Waals surface area (Å²) >= 11 is 0. The van der Waals surface area contributed by atoms with Crippen LogP contribution in [0, 0.1) is 17.5 Å². The van der Waals surface area contributed by atoms with E-state index in [4.69, 9.17) is 4.74 Å². The van der Waals surface area contributed by atoms with Crippen molar-refractivity contribution >= 4 is 22.1 Å². The van der Waals surface area contributed by atoms with E-state index >= 15 is 0 Å². The lowest BCUT2D eigenvalue weighted by molar-refractivity contribution is 0.185. The Kier molecular flexibility index (Phi) is 6.16. The molecule has 0 radical (unpaired) electrons. The van der Waals surface area contributed by atoms with Gasteiger partial charge in [-0.1, -0.05) is 42.5 Å². The second-order valence-electron chi connectivity index (χ2n) is 8.59. The van der Waals surface area contributed by atoms with Gasteiger partial charge >= 0.3 is 0 Å². The Labute approximate surface area is 196 Å². The molecule has 1 unspecified atom stereocenters. The van der Waals surface area contributed by atoms with E-state index in [0.717, 1.165) is 6.07 Å². The number of rotatable bonds is 6. The minimum absolute atomic E-state index is 0.116. The Morgan fingerprint density at radius 1 is 0.912 bits per heavy atom. The molecule has 0 amide bonds. The highest BCUT2D eigenvalue weighted by Gasteiger charge is 2.29. The number of nitrogens with one attached hydrogen (secondary N) is 1. The van der Waals surface area contributed by atoms with Crippen LogP contribution in [-0.2, 0) is 0 Å². The summed E-state index contributed by atoms with van der Waals surface area (Å²) in [6.07, 6.45) is 0.329. The normalized spacial score (nSPS) is 16.2. The first kappa shape index (κ1) is 22.3. The molecule has 0 saturated carbocycles. The van der Waals surface area contributed by atoms with Crippen LogP contribution in [0.1, 0.15) is 24.9 Å². The third-order valence-electron chi connectivity index (χ3n) is 6.30. The molecule has 1 heterocycles. The van der Waals surface area contributed by atoms with E-state index in [1.54, 1.807) is 11.0 Å². The maximum Gasteiger partial charge on any atom is 0.149 e. The van der Waals surface area contributed by atoms with Crippen molar-refractivity contribution < 1.29 is 17.9 Å². The summed E-state index contributed by atoms with van der Waals surface area (Å²) in [5, 5.41) is 5.95. The van der Waals surface area contributed by atoms with E-state index < -0.39 is 17.5 Å². The van der Waals surface area contributed by atoms with E-state index in [1.165, 1.54) is 40.6 Å². The van der Waals surface area contributed by atoms with Crippen molar-refractivity contribution in [3.8, 4) is 5.75 Å². The van der Waals surface area contributed by atoms with Crippen LogP contribution in [0.4, 0.5) is 24.5 Å². The maximum absolute atomic E-state index is 14.6. The summed E-state index contributed by atoms with van der Waals surface area (Å²) in [6, 6.07) is 22.3. The van der Waals surface area contributed by atoms with Gasteiger partial charge in [-0.15, -0.1) is 0 Å². The summed E-state index contributed by atoms with van der Waals surface area (Å²) in [7, 11) is 0. The van der Waals surface area contributed by atoms with Crippen molar-refractivity contribution in [1.82, 2.24) is 5.32 Å². The SMILES string of the molecule is C[C@@H](NCCC1CN(c2ccc(F)cc2F)c2ccc(F)cc2O1)c1cccc2ccccc12. The summed E-state index contributed by atoms with van der Waals surface area (Å²) in [5.74, 6) is -1.39. The molecular weight excluding hydrogens is 437 g/mol. The molecule has 0 fully saturated rings. The lowest BCUT2D eigenvalue weighted by atomic mass is 9.99. The van der Waals surface area contributed by atoms with Crippen LogP contribution in [0.5, 0.6) is 5.75 Å². The average Bonchev–Trinajstić information content (AvgIpc) is 2.83. The Hall–Kier alpha value is -3.51. The van der Waals surface area contributed by atoms with Crippen molar-refractivity contribution in [2.24, 2.45) is 0 Å². The molecule has 1 N–H and O–H groups in total. The molecule has 6 heteroatoms. The van der Waals surface area contributed by atoms with E-state index in [1.807, 2.05) is 12.1 Å². The van der Waals surface area contributed by atoms with E-state index in [2.05, 4.69) is 42.6 Å². The van der Waals surface area contributed by atoms with Gasteiger partial charge in [0, 0.05) is 18.2 Å². The molecule has 5 rings (SSSR count). The second-order valence-corrected chi connectivity index (χ2v) is 8.59. The number of halogens is 3. The van der Waals surface area contributed by atoms with Crippen molar-refractivity contribution in [2.45, 2.75) is 25.5 Å². The van der Waals surface area contributed by atoms with Crippen LogP contribution >= 0.6 is 0 Å². The van der Waals surface area contributed by atoms with Gasteiger partial charge in [-0.05, 0) is 60.5 Å². The first-order valence-electron chi connectivity index (χ1n) is 11.4. The summed E-state index contributed by atoms with van der Waals surface area (Å²) < 4.78 is 48.1. The Morgan fingerprint density at radius 3 is 2.47 bits per heavy atom. The summed E-state index contributed by atoms with van der Waals surface area (Å²) in [4.78, 5) is 1.73. The number of nitrogens with zero attached hydrogens (tertiary/aromatic N) is 1. The molecule has 0 aromatic heterocycles. The lowest BCUT2D eigenvalue weighted by Crippen LogP contribution is -2.39. The molecule has 4 aromatic rings. The first-order valence-corrected chi connectivity index (χ1v) is 11.4. The molecule has 174 valence electrons. The molecule has 2 atom stereocenters. The number of ether oxygens (including phenoxy) is 1. The molecule has 1 aliphatic heterocycles. The van der Waals surface area contributed by atoms with Gasteiger partial charge in [0.25, 0.3) is 0 Å². The van der Waals surface area contributed by atoms with Crippen LogP contribution in [-0.4, -0.2) is 19.2 Å². The van der Waals surface area contributed by atoms with E-state index in [-0.39, 0.29) is 17.8 Å². The van der Waals surface area contributed by atoms with Gasteiger partial charge in [-0.25, -0.2) is 13.2 Å². The molecule has 0 saturated heterocycles. The topological polar surface area (TPSA) is 24.5 Å². The fraction of sp³-hybridized carbons (Fsp3) is 0.214. The van der Waals surface area contributed by atoms with Crippen molar-refractivity contribution in [1.29, 1.82) is 0 Å². The van der Waals surface area contributed by atoms with Crippen molar-refractivity contribution in [2.75, 3.05) is 18.0 Å². The standard InChI is InChI=1S/C28H25F3N2O/c1-18(23-8-4-6-19-5-2-3-7-24(19)23)32-14-13-22-17-33(26-11-9-20(29)15-25(26)31)27-12-10-21(30)16-28(27)34-22/h2-12,15-16,18,22,32H,13-14,17H2,1H3/t18-,22?/m1/s1. The summed E-state index contributed by atoms with van der Waals surface area (Å²) in [5.41, 5.74) is 2.00. The third kappa shape index (κ3) is 4.46. The Bertz CT molecular complexity index is 1320. The van der Waals surface area contributed by atoms with Crippen LogP contribution in [0.3, 0.4) is 0 Å². The number of benzene rings is 4. The van der Waals surface area contributed by atoms with Gasteiger partial charge < -0.3 is 15.0 Å². The fourth-order valence-corrected chi connectivity index (χ4v) is 4.60. The van der Waals surface area contributed by atoms with Gasteiger partial charge in [0.1, 0.15) is 29.3 Å². The highest BCUT2D eigenvalue weighted by atomic mass is 19.1. The van der Waals surface area contributed by atoms with Gasteiger partial charge in [0.2, 0.25) is 0 Å². The van der Waals surface area contributed by atoms with Crippen LogP contribution in [0.25, 0.3) is 10.8 Å². The smallest absolute Gasteiger partial charge is 0.149 e. The van der Waals surface area contributed by atoms with Gasteiger partial charge in [-0.3, -0.25) is 0 Å². The van der Waals surface area contributed by atoms with Crippen LogP contribution < -0.4 is 15.0 Å². The molecule has 1 aliphatic rings. The summed E-state index contributed by atoms with van der Waals surface area (Å²) in [6.45, 7) is 3.14. The molecule has 4 aromatic carbocycles. The van der Waals surface area contributed by atoms with E-state index in [0.29, 0.717) is 30.9 Å². The minimum atomic E-state index is -0.668. The van der Waals surface area contributed by atoms with Crippen molar-refractivity contribution in [3.63, 3.8) is 0 Å². The molecule has 0 bridgehead atoms. The molecular formula is C28H25F3N2O. The number of fused-ring (bicyclic) bond motifs is 2. The third-order valence-corrected chi connectivity index (χ3v) is 6.30. The highest BCUT2D eigenvalue weighted by molar-refractivity contribution is 5.86. The molecule has 3 nitrogen and oxygen atoms in total. The minimum Gasteiger partial charge on any atom is -0.486 e. The molecule has 0 spiro atoms. The highest BCUT2D eigenvalue weighted by Crippen LogP contribution is 2.40. The first-order chi connectivity index (χ1) is 16.5. The number of hydrogen-bond donors (Lipinski definition) is 1. The monoisotopic (exact) mass is 462 g/mol. The van der Waals surface area contributed by atoms with E-state index in [9.17, 15) is 13.2 Å². The predicted octanol–water partition coefficient (Wildman–Crippen LogP) is 6.90. The van der Waals surface area contributed by atoms with Gasteiger partial charge in [0.05, 0.1) is 17.9 Å². The lowest BCUT2D eigenvalue weighted by Gasteiger charge is -2.36. The zero-order valence-electron chi connectivity index (χ0n) is 18.8. The largest absolute Gasteiger partial charge is 0.486 e. The average molecular weight is 463 g/mol. The fourth-order valence-electron chi connectivity index (χ4n) is 4.60. The molecule has 0 aliphatic carbocycles. The second kappa shape index (κ2) is 9.39. The zero-order chi connectivity index (χ0) is 23.7. The zero-order valence-corrected chi connectivity index (χ0v) is 18.8. The number of anilines is 2. The predicted molar refractivity (Wildman–Crippen MR) is 129 cm³/mol. The van der Waals surface area contributed by atoms with Gasteiger partial charge in [-0.2, -0.15) is 0 Å².